The summed E-state index contributed by atoms with van der Waals surface area (Å²) in [6, 6.07) is 8.69. The van der Waals surface area contributed by atoms with E-state index in [-0.39, 0.29) is 0 Å². The van der Waals surface area contributed by atoms with Crippen molar-refractivity contribution in [1.29, 1.82) is 5.26 Å². The summed E-state index contributed by atoms with van der Waals surface area (Å²) in [4.78, 5) is 4.85. The van der Waals surface area contributed by atoms with Gasteiger partial charge in [-0.25, -0.2) is 0 Å². The van der Waals surface area contributed by atoms with Gasteiger partial charge >= 0.3 is 0 Å². The van der Waals surface area contributed by atoms with E-state index in [0.717, 1.165) is 36.3 Å². The van der Waals surface area contributed by atoms with Gasteiger partial charge in [0, 0.05) is 35.8 Å². The molecular formula is C14H18BrN3. The van der Waals surface area contributed by atoms with E-state index in [2.05, 4.69) is 51.7 Å². The van der Waals surface area contributed by atoms with Gasteiger partial charge in [-0.1, -0.05) is 22.9 Å². The molecule has 0 aliphatic carbocycles. The molecule has 1 heterocycles. The lowest BCUT2D eigenvalue weighted by atomic mass is 10.1. The van der Waals surface area contributed by atoms with E-state index in [4.69, 9.17) is 5.26 Å². The number of anilines is 1. The van der Waals surface area contributed by atoms with Crippen LogP contribution in [0.15, 0.2) is 22.7 Å². The first kappa shape index (κ1) is 13.4. The number of benzene rings is 1. The molecule has 0 bridgehead atoms. The van der Waals surface area contributed by atoms with Gasteiger partial charge in [-0.2, -0.15) is 5.26 Å². The minimum Gasteiger partial charge on any atom is -0.369 e. The van der Waals surface area contributed by atoms with Crippen LogP contribution in [0.3, 0.4) is 0 Å². The highest BCUT2D eigenvalue weighted by atomic mass is 79.9. The van der Waals surface area contributed by atoms with Gasteiger partial charge in [0.05, 0.1) is 11.6 Å². The summed E-state index contributed by atoms with van der Waals surface area (Å²) in [5.74, 6) is 0. The van der Waals surface area contributed by atoms with Crippen molar-refractivity contribution < 1.29 is 0 Å². The monoisotopic (exact) mass is 307 g/mol. The van der Waals surface area contributed by atoms with Crippen molar-refractivity contribution in [2.24, 2.45) is 0 Å². The van der Waals surface area contributed by atoms with Crippen molar-refractivity contribution in [2.45, 2.75) is 19.9 Å². The fraction of sp³-hybridized carbons (Fsp3) is 0.500. The molecular weight excluding hydrogens is 290 g/mol. The van der Waals surface area contributed by atoms with Gasteiger partial charge in [0.2, 0.25) is 0 Å². The summed E-state index contributed by atoms with van der Waals surface area (Å²) in [6.07, 6.45) is 0. The third-order valence-corrected chi connectivity index (χ3v) is 4.01. The van der Waals surface area contributed by atoms with Gasteiger partial charge in [-0.05, 0) is 31.7 Å². The smallest absolute Gasteiger partial charge is 0.0992 e. The summed E-state index contributed by atoms with van der Waals surface area (Å²) in [6.45, 7) is 8.72. The fourth-order valence-electron chi connectivity index (χ4n) is 2.52. The molecule has 1 unspecified atom stereocenters. The Morgan fingerprint density at radius 2 is 2.17 bits per heavy atom. The molecule has 0 saturated carbocycles. The molecule has 1 aromatic rings. The number of hydrogen-bond donors (Lipinski definition) is 0. The average molecular weight is 308 g/mol. The van der Waals surface area contributed by atoms with E-state index in [0.29, 0.717) is 11.6 Å². The minimum absolute atomic E-state index is 0.563. The highest BCUT2D eigenvalue weighted by molar-refractivity contribution is 9.10. The molecule has 0 radical (unpaired) electrons. The van der Waals surface area contributed by atoms with E-state index in [1.807, 2.05) is 12.1 Å². The summed E-state index contributed by atoms with van der Waals surface area (Å²) >= 11 is 3.47. The quantitative estimate of drug-likeness (QED) is 0.841. The van der Waals surface area contributed by atoms with Gasteiger partial charge < -0.3 is 4.90 Å². The molecule has 1 saturated heterocycles. The summed E-state index contributed by atoms with van der Waals surface area (Å²) in [5, 5.41) is 9.02. The second-order valence-electron chi connectivity index (χ2n) is 4.73. The third kappa shape index (κ3) is 2.85. The van der Waals surface area contributed by atoms with Crippen LogP contribution in [-0.4, -0.2) is 37.1 Å². The normalized spacial score (nSPS) is 20.8. The SMILES string of the molecule is CCN1CCN(c2cc(Br)cc(C#N)c2)CC1C. The highest BCUT2D eigenvalue weighted by Gasteiger charge is 2.22. The maximum absolute atomic E-state index is 9.02. The van der Waals surface area contributed by atoms with E-state index in [1.165, 1.54) is 0 Å². The van der Waals surface area contributed by atoms with Crippen LogP contribution < -0.4 is 4.90 Å². The van der Waals surface area contributed by atoms with Crippen molar-refractivity contribution in [2.75, 3.05) is 31.1 Å². The molecule has 1 aliphatic heterocycles. The van der Waals surface area contributed by atoms with Crippen molar-refractivity contribution in [3.8, 4) is 6.07 Å². The van der Waals surface area contributed by atoms with Crippen LogP contribution >= 0.6 is 15.9 Å². The molecule has 1 aliphatic rings. The Bertz CT molecular complexity index is 467. The molecule has 4 heteroatoms. The Labute approximate surface area is 117 Å². The van der Waals surface area contributed by atoms with Gasteiger partial charge in [0.15, 0.2) is 0 Å². The Morgan fingerprint density at radius 1 is 1.39 bits per heavy atom. The van der Waals surface area contributed by atoms with Crippen LogP contribution in [-0.2, 0) is 0 Å². The molecule has 2 rings (SSSR count). The van der Waals surface area contributed by atoms with Gasteiger partial charge in [0.25, 0.3) is 0 Å². The lowest BCUT2D eigenvalue weighted by Crippen LogP contribution is -2.51. The first-order valence-electron chi connectivity index (χ1n) is 6.33. The number of nitrogens with zero attached hydrogens (tertiary/aromatic N) is 3. The first-order chi connectivity index (χ1) is 8.63. The van der Waals surface area contributed by atoms with Crippen molar-refractivity contribution in [3.63, 3.8) is 0 Å². The van der Waals surface area contributed by atoms with Crippen molar-refractivity contribution >= 4 is 21.6 Å². The third-order valence-electron chi connectivity index (χ3n) is 3.55. The van der Waals surface area contributed by atoms with Crippen LogP contribution in [0.4, 0.5) is 5.69 Å². The second-order valence-corrected chi connectivity index (χ2v) is 5.65. The molecule has 18 heavy (non-hydrogen) atoms. The largest absolute Gasteiger partial charge is 0.369 e. The molecule has 96 valence electrons. The maximum atomic E-state index is 9.02. The zero-order valence-corrected chi connectivity index (χ0v) is 12.4. The zero-order valence-electron chi connectivity index (χ0n) is 10.9. The van der Waals surface area contributed by atoms with Crippen LogP contribution in [0.25, 0.3) is 0 Å². The molecule has 1 atom stereocenters. The van der Waals surface area contributed by atoms with E-state index in [9.17, 15) is 0 Å². The lowest BCUT2D eigenvalue weighted by molar-refractivity contribution is 0.199. The van der Waals surface area contributed by atoms with E-state index >= 15 is 0 Å². The van der Waals surface area contributed by atoms with E-state index < -0.39 is 0 Å². The maximum Gasteiger partial charge on any atom is 0.0992 e. The molecule has 0 N–H and O–H groups in total. The summed E-state index contributed by atoms with van der Waals surface area (Å²) in [5.41, 5.74) is 1.86. The van der Waals surface area contributed by atoms with Crippen LogP contribution in [0, 0.1) is 11.3 Å². The first-order valence-corrected chi connectivity index (χ1v) is 7.13. The molecule has 1 aromatic carbocycles. The van der Waals surface area contributed by atoms with Gasteiger partial charge in [-0.15, -0.1) is 0 Å². The van der Waals surface area contributed by atoms with Crippen LogP contribution in [0.1, 0.15) is 19.4 Å². The zero-order chi connectivity index (χ0) is 13.1. The molecule has 0 amide bonds. The Hall–Kier alpha value is -1.05. The Morgan fingerprint density at radius 3 is 2.78 bits per heavy atom. The average Bonchev–Trinajstić information content (AvgIpc) is 2.37. The van der Waals surface area contributed by atoms with Gasteiger partial charge in [0.1, 0.15) is 0 Å². The van der Waals surface area contributed by atoms with Crippen molar-refractivity contribution in [1.82, 2.24) is 4.90 Å². The standard InChI is InChI=1S/C14H18BrN3/c1-3-17-4-5-18(10-11(17)2)14-7-12(9-16)6-13(15)8-14/h6-8,11H,3-5,10H2,1-2H3. The van der Waals surface area contributed by atoms with Crippen molar-refractivity contribution in [3.05, 3.63) is 28.2 Å². The fourth-order valence-corrected chi connectivity index (χ4v) is 3.00. The number of halogens is 1. The number of nitriles is 1. The Kier molecular flexibility index (Phi) is 4.26. The molecule has 1 fully saturated rings. The lowest BCUT2D eigenvalue weighted by Gasteiger charge is -2.40. The summed E-state index contributed by atoms with van der Waals surface area (Å²) < 4.78 is 0.974. The predicted molar refractivity (Wildman–Crippen MR) is 77.8 cm³/mol. The number of likely N-dealkylation sites (N-methyl/N-ethyl adjacent to an activating group) is 1. The summed E-state index contributed by atoms with van der Waals surface area (Å²) in [7, 11) is 0. The minimum atomic E-state index is 0.563. The number of rotatable bonds is 2. The number of hydrogen-bond acceptors (Lipinski definition) is 3. The van der Waals surface area contributed by atoms with E-state index in [1.54, 1.807) is 0 Å². The van der Waals surface area contributed by atoms with Crippen LogP contribution in [0.2, 0.25) is 0 Å². The molecule has 3 nitrogen and oxygen atoms in total. The van der Waals surface area contributed by atoms with Crippen LogP contribution in [0.5, 0.6) is 0 Å². The molecule has 0 aromatic heterocycles. The van der Waals surface area contributed by atoms with Gasteiger partial charge in [-0.3, -0.25) is 4.90 Å². The number of piperazine rings is 1. The predicted octanol–water partition coefficient (Wildman–Crippen LogP) is 2.85. The highest BCUT2D eigenvalue weighted by Crippen LogP contribution is 2.24. The molecule has 0 spiro atoms. The topological polar surface area (TPSA) is 30.3 Å². The second kappa shape index (κ2) is 5.73. The Balaban J connectivity index is 2.18.